The maximum Gasteiger partial charge on any atom is 0.316 e. The number of thioether (sulfide) groups is 1. The predicted molar refractivity (Wildman–Crippen MR) is 579 cm³/mol. The van der Waals surface area contributed by atoms with Crippen LogP contribution in [0.2, 0.25) is 0 Å². The summed E-state index contributed by atoms with van der Waals surface area (Å²) in [6, 6.07) is 91.5. The van der Waals surface area contributed by atoms with Gasteiger partial charge in [0.2, 0.25) is 6.04 Å². The lowest BCUT2D eigenvalue weighted by Crippen LogP contribution is -2.47. The van der Waals surface area contributed by atoms with Gasteiger partial charge in [0.1, 0.15) is 34.7 Å². The third-order valence-electron chi connectivity index (χ3n) is 33.5. The zero-order chi connectivity index (χ0) is 99.3. The Hall–Kier alpha value is -8.34. The number of Topliss-reactive ketones (excluding diaryl/α,β-unsaturated/α-hetero) is 2. The zero-order valence-electron chi connectivity index (χ0n) is 86.9. The number of esters is 1. The molecule has 11 nitrogen and oxygen atoms in total. The Balaban J connectivity index is 0.000000126. The van der Waals surface area contributed by atoms with E-state index in [0.717, 1.165) is 121 Å². The summed E-state index contributed by atoms with van der Waals surface area (Å²) in [5, 5.41) is 10.8. The fraction of sp³-hybridized carbons (Fsp3) is 0.540. The van der Waals surface area contributed by atoms with Crippen LogP contribution in [0.4, 0.5) is 0 Å². The Labute approximate surface area is 858 Å². The van der Waals surface area contributed by atoms with Crippen LogP contribution < -0.4 is 14.2 Å². The van der Waals surface area contributed by atoms with Crippen LogP contribution in [0.1, 0.15) is 276 Å². The maximum absolute atomic E-state index is 11.9. The zero-order valence-corrected chi connectivity index (χ0v) is 90.2. The van der Waals surface area contributed by atoms with Gasteiger partial charge in [0.25, 0.3) is 0 Å². The van der Waals surface area contributed by atoms with Gasteiger partial charge < -0.3 is 18.9 Å². The van der Waals surface area contributed by atoms with Crippen LogP contribution in [0.15, 0.2) is 299 Å². The van der Waals surface area contributed by atoms with Gasteiger partial charge in [-0.2, -0.15) is 0 Å². The lowest BCUT2D eigenvalue weighted by atomic mass is 9.48. The quantitative estimate of drug-likeness (QED) is 0.0139. The minimum atomic E-state index is -0.630. The lowest BCUT2D eigenvalue weighted by Gasteiger charge is -2.57. The molecule has 16 saturated carbocycles. The van der Waals surface area contributed by atoms with Gasteiger partial charge in [-0.25, -0.2) is 0 Å². The monoisotopic (exact) mass is 1980 g/mol. The van der Waals surface area contributed by atoms with Crippen molar-refractivity contribution in [1.82, 2.24) is 0 Å². The van der Waals surface area contributed by atoms with E-state index in [0.29, 0.717) is 28.3 Å². The largest absolute Gasteiger partial charge is 0.494 e. The van der Waals surface area contributed by atoms with Crippen molar-refractivity contribution in [1.29, 1.82) is 0 Å². The highest BCUT2D eigenvalue weighted by Crippen LogP contribution is 2.66. The second kappa shape index (κ2) is 47.0. The molecule has 9 aromatic carbocycles. The highest BCUT2D eigenvalue weighted by molar-refractivity contribution is 8.14. The first kappa shape index (κ1) is 105. The maximum atomic E-state index is 11.9. The van der Waals surface area contributed by atoms with Crippen LogP contribution in [0.3, 0.4) is 0 Å². The highest BCUT2D eigenvalue weighted by atomic mass is 32.2. The molecule has 16 aliphatic rings. The molecule has 16 aliphatic carbocycles. The fourth-order valence-corrected chi connectivity index (χ4v) is 35.8. The molecule has 0 saturated heterocycles. The van der Waals surface area contributed by atoms with Crippen LogP contribution >= 0.6 is 11.8 Å². The topological polar surface area (TPSA) is 148 Å². The third kappa shape index (κ3) is 28.7. The van der Waals surface area contributed by atoms with E-state index < -0.39 is 23.2 Å². The van der Waals surface area contributed by atoms with Gasteiger partial charge in [0.15, 0.2) is 49.2 Å². The predicted octanol–water partition coefficient (Wildman–Crippen LogP) is 32.0. The first-order valence-electron chi connectivity index (χ1n) is 53.8. The molecule has 25 rings (SSSR count). The van der Waals surface area contributed by atoms with Crippen LogP contribution in [0.5, 0.6) is 17.2 Å². The van der Waals surface area contributed by atoms with Crippen molar-refractivity contribution in [2.24, 2.45) is 115 Å². The van der Waals surface area contributed by atoms with Crippen molar-refractivity contribution < 1.29 is 43.0 Å². The molecule has 16 bridgehead atoms. The Morgan fingerprint density at radius 1 is 0.340 bits per heavy atom. The molecule has 752 valence electrons. The van der Waals surface area contributed by atoms with Gasteiger partial charge in [0.05, 0.1) is 65.0 Å². The molecule has 141 heavy (non-hydrogen) atoms. The average molecular weight is 1980 g/mol. The van der Waals surface area contributed by atoms with E-state index in [9.17, 15) is 29.3 Å². The van der Waals surface area contributed by atoms with E-state index in [1.807, 2.05) is 41.5 Å². The number of hydrogen-bond acceptors (Lipinski definition) is 11. The van der Waals surface area contributed by atoms with Crippen molar-refractivity contribution in [2.45, 2.75) is 331 Å². The first-order valence-corrected chi connectivity index (χ1v) is 58.3. The standard InChI is InChI=1S/3C30H33OS.C13H21NO2.C12H22O2S.C11H20O3/c3*1-3-7-27(8-4-1)32(28-9-5-2-6-10-28)29-13-11-26(12-14-29)31-16-15-30-20-23-17-24(21-30)19-25(18-23)22-30;1-9(14(15)16)5-13-6-10-2-11(7-13)4-12(3-10)8-13;1-8(9(13)11(2,3)4)10(14)15-12(5,6)7;1-8(9(2)12)10(13)14-7-6-11(3,4)5/h3*1-14,23-25H,15-22H2;9-12H,2-8H2,1H3;8H,1-7H3;8H,6-7H2,1-5H3/q3*+1;;;. The molecule has 0 spiro atoms. The van der Waals surface area contributed by atoms with Gasteiger partial charge in [-0.15, -0.1) is 0 Å². The molecule has 16 fully saturated rings. The number of nitro groups is 1. The minimum Gasteiger partial charge on any atom is -0.494 e. The second-order valence-corrected chi connectivity index (χ2v) is 56.6. The molecule has 9 aromatic rings. The van der Waals surface area contributed by atoms with Crippen molar-refractivity contribution in [3.8, 4) is 17.2 Å². The van der Waals surface area contributed by atoms with E-state index in [2.05, 4.69) is 276 Å². The van der Waals surface area contributed by atoms with Gasteiger partial charge in [0, 0.05) is 28.4 Å². The molecule has 0 amide bonds. The van der Waals surface area contributed by atoms with Crippen molar-refractivity contribution in [3.05, 3.63) is 265 Å². The number of ketones is 2. The number of carbonyl (C=O) groups is 4. The third-order valence-corrected chi connectivity index (χ3v) is 41.3. The Kier molecular flexibility index (Phi) is 35.2. The van der Waals surface area contributed by atoms with Crippen LogP contribution in [0.25, 0.3) is 0 Å². The van der Waals surface area contributed by atoms with Gasteiger partial charge in [-0.3, -0.25) is 29.3 Å². The average Bonchev–Trinajstić information content (AvgIpc) is 1.16. The van der Waals surface area contributed by atoms with Crippen molar-refractivity contribution in [3.63, 3.8) is 0 Å². The molecule has 3 unspecified atom stereocenters. The van der Waals surface area contributed by atoms with Crippen molar-refractivity contribution in [2.75, 3.05) is 26.4 Å². The number of hydrogen-bond donors (Lipinski definition) is 0. The Morgan fingerprint density at radius 3 is 0.773 bits per heavy atom. The van der Waals surface area contributed by atoms with Gasteiger partial charge in [-0.05, 0) is 444 Å². The summed E-state index contributed by atoms with van der Waals surface area (Å²) in [5.41, 5.74) is 1.87. The second-order valence-electron chi connectivity index (χ2n) is 48.7. The lowest BCUT2D eigenvalue weighted by molar-refractivity contribution is -0.522. The smallest absolute Gasteiger partial charge is 0.316 e. The number of benzene rings is 9. The summed E-state index contributed by atoms with van der Waals surface area (Å²) < 4.78 is 23.7. The summed E-state index contributed by atoms with van der Waals surface area (Å²) >= 11 is 1.25. The van der Waals surface area contributed by atoms with E-state index in [1.54, 1.807) is 20.8 Å². The molecule has 0 aliphatic heterocycles. The molecule has 0 radical (unpaired) electrons. The Bertz CT molecular complexity index is 4830. The van der Waals surface area contributed by atoms with Gasteiger partial charge >= 0.3 is 5.97 Å². The first-order chi connectivity index (χ1) is 67.5. The van der Waals surface area contributed by atoms with Crippen LogP contribution in [-0.2, 0) is 56.6 Å². The van der Waals surface area contributed by atoms with E-state index in [1.165, 1.54) is 236 Å². The summed E-state index contributed by atoms with van der Waals surface area (Å²) in [4.78, 5) is 68.6. The number of ether oxygens (including phenoxy) is 4. The minimum absolute atomic E-state index is 0.0178. The van der Waals surface area contributed by atoms with E-state index in [-0.39, 0.29) is 70.5 Å². The number of rotatable bonds is 30. The molecule has 15 heteroatoms. The SMILES string of the molecule is CC(=O)C(C)C(=O)OCCC(C)(C)C.CC(C(=O)SC(C)(C)C)C(=O)C(C)(C)C.CC(CC12CC3CC(CC(C3)C1)C2)[N+](=O)[O-].c1ccc([S+](c2ccccc2)c2ccc(OCCC34CC5CC(CC(C5)C3)C4)cc2)cc1.c1ccc([S+](c2ccccc2)c2ccc(OCCC34CC5CC(CC(C5)C3)C4)cc2)cc1.c1ccc([S+](c2ccccc2)c2ccc(OCCC34CC5CC(CC(C5)C3)C4)cc2)cc1. The van der Waals surface area contributed by atoms with Gasteiger partial charge in [-0.1, -0.05) is 183 Å². The summed E-state index contributed by atoms with van der Waals surface area (Å²) in [7, 11) is -0.275. The summed E-state index contributed by atoms with van der Waals surface area (Å²) in [5.74, 6) is 13.3. The molecule has 0 aromatic heterocycles. The summed E-state index contributed by atoms with van der Waals surface area (Å²) in [6.07, 6.45) is 40.4. The van der Waals surface area contributed by atoms with E-state index in [4.69, 9.17) is 18.9 Å². The molecule has 0 N–H and O–H groups in total. The number of carbonyl (C=O) groups excluding carboxylic acids is 4. The molecule has 0 heterocycles. The molecule has 3 atom stereocenters. The molecular formula is C126H162NO10S4+3. The van der Waals surface area contributed by atoms with Crippen LogP contribution in [0, 0.1) is 125 Å². The van der Waals surface area contributed by atoms with Crippen LogP contribution in [-0.4, -0.2) is 64.8 Å². The van der Waals surface area contributed by atoms with E-state index >= 15 is 0 Å². The fourth-order valence-electron chi connectivity index (χ4n) is 28.7. The summed E-state index contributed by atoms with van der Waals surface area (Å²) in [6.45, 7) is 27.2. The number of nitrogens with zero attached hydrogens (tertiary/aromatic N) is 1. The Morgan fingerprint density at radius 2 is 0.567 bits per heavy atom. The molecular weight excluding hydrogens is 1820 g/mol. The van der Waals surface area contributed by atoms with Crippen molar-refractivity contribution >= 4 is 67.1 Å². The highest BCUT2D eigenvalue weighted by Gasteiger charge is 2.56. The normalized spacial score (nSPS) is 27.5.